The van der Waals surface area contributed by atoms with Crippen molar-refractivity contribution in [2.24, 2.45) is 0 Å². The third kappa shape index (κ3) is 4.09. The Morgan fingerprint density at radius 3 is 2.34 bits per heavy atom. The van der Waals surface area contributed by atoms with Crippen LogP contribution in [0.3, 0.4) is 0 Å². The minimum atomic E-state index is -3.59. The number of nitrogens with zero attached hydrogens (tertiary/aromatic N) is 1. The van der Waals surface area contributed by atoms with Crippen LogP contribution in [0.4, 0.5) is 4.79 Å². The highest BCUT2D eigenvalue weighted by atomic mass is 32.2. The highest BCUT2D eigenvalue weighted by Crippen LogP contribution is 2.41. The SMILES string of the molecule is COc1ccc(CN2C(=O)NCC2(NS(C)(=O)=O)c2ccc(C3CC3)cc2)cc1. The smallest absolute Gasteiger partial charge is 0.319 e. The molecule has 8 heteroatoms. The largest absolute Gasteiger partial charge is 0.497 e. The van der Waals surface area contributed by atoms with Gasteiger partial charge in [0.2, 0.25) is 10.0 Å². The fourth-order valence-corrected chi connectivity index (χ4v) is 4.76. The predicted octanol–water partition coefficient (Wildman–Crippen LogP) is 2.50. The van der Waals surface area contributed by atoms with E-state index < -0.39 is 15.7 Å². The summed E-state index contributed by atoms with van der Waals surface area (Å²) in [7, 11) is -2.00. The van der Waals surface area contributed by atoms with Crippen LogP contribution < -0.4 is 14.8 Å². The number of hydrogen-bond donors (Lipinski definition) is 2. The Morgan fingerprint density at radius 2 is 1.79 bits per heavy atom. The van der Waals surface area contributed by atoms with E-state index in [-0.39, 0.29) is 19.1 Å². The topological polar surface area (TPSA) is 87.7 Å². The Labute approximate surface area is 171 Å². The summed E-state index contributed by atoms with van der Waals surface area (Å²) in [4.78, 5) is 14.3. The first-order valence-electron chi connectivity index (χ1n) is 9.58. The molecule has 1 heterocycles. The van der Waals surface area contributed by atoms with Gasteiger partial charge in [-0.25, -0.2) is 13.2 Å². The molecule has 0 spiro atoms. The maximum atomic E-state index is 12.7. The number of hydrogen-bond acceptors (Lipinski definition) is 4. The van der Waals surface area contributed by atoms with Gasteiger partial charge in [-0.05, 0) is 47.6 Å². The van der Waals surface area contributed by atoms with Crippen LogP contribution in [0, 0.1) is 0 Å². The van der Waals surface area contributed by atoms with E-state index in [4.69, 9.17) is 4.74 Å². The van der Waals surface area contributed by atoms with Crippen LogP contribution in [0.5, 0.6) is 5.75 Å². The summed E-state index contributed by atoms with van der Waals surface area (Å²) in [5, 5.41) is 2.81. The molecule has 1 saturated heterocycles. The maximum absolute atomic E-state index is 12.7. The molecule has 2 aromatic carbocycles. The zero-order valence-electron chi connectivity index (χ0n) is 16.5. The minimum Gasteiger partial charge on any atom is -0.497 e. The normalized spacial score (nSPS) is 21.9. The van der Waals surface area contributed by atoms with E-state index in [0.717, 1.165) is 23.1 Å². The number of carbonyl (C=O) groups is 1. The van der Waals surface area contributed by atoms with Gasteiger partial charge < -0.3 is 10.1 Å². The second-order valence-electron chi connectivity index (χ2n) is 7.72. The van der Waals surface area contributed by atoms with Gasteiger partial charge in [0.1, 0.15) is 5.75 Å². The Hall–Kier alpha value is -2.58. The standard InChI is InChI=1S/C21H25N3O4S/c1-28-19-11-3-15(4-12-19)13-24-20(25)22-14-21(24,23-29(2,26)27)18-9-7-17(8-10-18)16-5-6-16/h3-4,7-12,16,23H,5-6,13-14H2,1-2H3,(H,22,25). The van der Waals surface area contributed by atoms with Crippen LogP contribution in [0.1, 0.15) is 35.4 Å². The molecule has 2 aliphatic rings. The highest BCUT2D eigenvalue weighted by Gasteiger charge is 2.48. The molecule has 0 aromatic heterocycles. The number of carbonyl (C=O) groups excluding carboxylic acids is 1. The molecule has 1 aliphatic heterocycles. The molecule has 1 unspecified atom stereocenters. The molecule has 154 valence electrons. The number of methoxy groups -OCH3 is 1. The molecule has 2 amide bonds. The molecule has 4 rings (SSSR count). The Kier molecular flexibility index (Phi) is 5.00. The lowest BCUT2D eigenvalue weighted by Crippen LogP contribution is -2.56. The van der Waals surface area contributed by atoms with Crippen molar-refractivity contribution < 1.29 is 17.9 Å². The third-order valence-electron chi connectivity index (χ3n) is 5.49. The molecule has 1 atom stereocenters. The van der Waals surface area contributed by atoms with E-state index in [1.807, 2.05) is 48.5 Å². The van der Waals surface area contributed by atoms with Gasteiger partial charge in [-0.2, -0.15) is 4.72 Å². The fraction of sp³-hybridized carbons (Fsp3) is 0.381. The number of ether oxygens (including phenoxy) is 1. The molecule has 1 saturated carbocycles. The van der Waals surface area contributed by atoms with Gasteiger partial charge in [0, 0.05) is 6.54 Å². The molecule has 2 fully saturated rings. The Balaban J connectivity index is 1.71. The van der Waals surface area contributed by atoms with E-state index in [1.165, 1.54) is 18.4 Å². The number of rotatable bonds is 7. The van der Waals surface area contributed by atoms with Gasteiger partial charge in [-0.3, -0.25) is 4.90 Å². The zero-order valence-corrected chi connectivity index (χ0v) is 17.3. The number of nitrogens with one attached hydrogen (secondary N) is 2. The monoisotopic (exact) mass is 415 g/mol. The van der Waals surface area contributed by atoms with Gasteiger partial charge in [0.15, 0.2) is 5.66 Å². The summed E-state index contributed by atoms with van der Waals surface area (Å²) in [6.45, 7) is 0.403. The third-order valence-corrected chi connectivity index (χ3v) is 6.20. The molecule has 1 aliphatic carbocycles. The molecular formula is C21H25N3O4S. The minimum absolute atomic E-state index is 0.151. The van der Waals surface area contributed by atoms with Crippen molar-refractivity contribution in [1.82, 2.24) is 14.9 Å². The summed E-state index contributed by atoms with van der Waals surface area (Å²) in [5.74, 6) is 1.32. The lowest BCUT2D eigenvalue weighted by molar-refractivity contribution is 0.140. The van der Waals surface area contributed by atoms with Crippen molar-refractivity contribution in [3.63, 3.8) is 0 Å². The summed E-state index contributed by atoms with van der Waals surface area (Å²) >= 11 is 0. The van der Waals surface area contributed by atoms with Gasteiger partial charge in [-0.1, -0.05) is 36.4 Å². The number of urea groups is 1. The fourth-order valence-electron chi connectivity index (χ4n) is 3.85. The van der Waals surface area contributed by atoms with Gasteiger partial charge in [-0.15, -0.1) is 0 Å². The van der Waals surface area contributed by atoms with Crippen molar-refractivity contribution in [3.05, 3.63) is 65.2 Å². The Morgan fingerprint density at radius 1 is 1.14 bits per heavy atom. The van der Waals surface area contributed by atoms with Crippen molar-refractivity contribution in [3.8, 4) is 5.75 Å². The van der Waals surface area contributed by atoms with Crippen LogP contribution in [-0.2, 0) is 22.2 Å². The van der Waals surface area contributed by atoms with E-state index in [0.29, 0.717) is 5.92 Å². The van der Waals surface area contributed by atoms with Gasteiger partial charge >= 0.3 is 6.03 Å². The second-order valence-corrected chi connectivity index (χ2v) is 9.47. The molecule has 2 N–H and O–H groups in total. The number of amides is 2. The van der Waals surface area contributed by atoms with Gasteiger partial charge in [0.25, 0.3) is 0 Å². The zero-order chi connectivity index (χ0) is 20.6. The van der Waals surface area contributed by atoms with Crippen LogP contribution >= 0.6 is 0 Å². The first-order valence-corrected chi connectivity index (χ1v) is 11.5. The average molecular weight is 416 g/mol. The summed E-state index contributed by atoms with van der Waals surface area (Å²) in [6, 6.07) is 15.0. The van der Waals surface area contributed by atoms with Crippen molar-refractivity contribution in [2.75, 3.05) is 19.9 Å². The predicted molar refractivity (Wildman–Crippen MR) is 110 cm³/mol. The van der Waals surface area contributed by atoms with E-state index in [9.17, 15) is 13.2 Å². The van der Waals surface area contributed by atoms with Crippen LogP contribution in [0.25, 0.3) is 0 Å². The number of sulfonamides is 1. The molecule has 7 nitrogen and oxygen atoms in total. The first kappa shape index (κ1) is 19.7. The molecule has 0 radical (unpaired) electrons. The average Bonchev–Trinajstić information content (AvgIpc) is 3.50. The number of benzene rings is 2. The Bertz CT molecular complexity index is 1000. The van der Waals surface area contributed by atoms with E-state index in [2.05, 4.69) is 10.0 Å². The molecule has 29 heavy (non-hydrogen) atoms. The van der Waals surface area contributed by atoms with Crippen molar-refractivity contribution in [1.29, 1.82) is 0 Å². The highest BCUT2D eigenvalue weighted by molar-refractivity contribution is 7.88. The van der Waals surface area contributed by atoms with Gasteiger partial charge in [0.05, 0.1) is 19.9 Å². The molecule has 2 aromatic rings. The van der Waals surface area contributed by atoms with E-state index in [1.54, 1.807) is 12.0 Å². The second kappa shape index (κ2) is 7.35. The quantitative estimate of drug-likeness (QED) is 0.727. The van der Waals surface area contributed by atoms with Crippen molar-refractivity contribution >= 4 is 16.1 Å². The molecular weight excluding hydrogens is 390 g/mol. The first-order chi connectivity index (χ1) is 13.8. The summed E-state index contributed by atoms with van der Waals surface area (Å²) < 4.78 is 32.4. The van der Waals surface area contributed by atoms with Crippen LogP contribution in [0.15, 0.2) is 48.5 Å². The molecule has 0 bridgehead atoms. The van der Waals surface area contributed by atoms with Crippen LogP contribution in [-0.4, -0.2) is 39.3 Å². The lowest BCUT2D eigenvalue weighted by Gasteiger charge is -2.37. The lowest BCUT2D eigenvalue weighted by atomic mass is 9.96. The van der Waals surface area contributed by atoms with Crippen molar-refractivity contribution in [2.45, 2.75) is 31.0 Å². The maximum Gasteiger partial charge on any atom is 0.319 e. The van der Waals surface area contributed by atoms with Crippen LogP contribution in [0.2, 0.25) is 0 Å². The summed E-state index contributed by atoms with van der Waals surface area (Å²) in [6.07, 6.45) is 3.49. The van der Waals surface area contributed by atoms with E-state index >= 15 is 0 Å². The summed E-state index contributed by atoms with van der Waals surface area (Å²) in [5.41, 5.74) is 1.67.